The topological polar surface area (TPSA) is 147 Å². The molecule has 0 saturated heterocycles. The van der Waals surface area contributed by atoms with Crippen LogP contribution in [0, 0.1) is 0 Å². The molecule has 9 nitrogen and oxygen atoms in total. The highest BCUT2D eigenvalue weighted by Crippen LogP contribution is 2.34. The Hall–Kier alpha value is -3.24. The van der Waals surface area contributed by atoms with E-state index in [0.29, 0.717) is 23.3 Å². The lowest BCUT2D eigenvalue weighted by atomic mass is 10.1. The first-order valence-corrected chi connectivity index (χ1v) is 11.4. The van der Waals surface area contributed by atoms with Gasteiger partial charge < -0.3 is 25.9 Å². The number of nitrogens with two attached hydrogens (primary N) is 1. The van der Waals surface area contributed by atoms with Gasteiger partial charge in [-0.05, 0) is 56.7 Å². The maximum atomic E-state index is 11.8. The highest BCUT2D eigenvalue weighted by molar-refractivity contribution is 7.18. The van der Waals surface area contributed by atoms with Crippen LogP contribution in [0.25, 0.3) is 10.2 Å². The fraction of sp³-hybridized carbons (Fsp3) is 0.391. The minimum Gasteiger partial charge on any atom is -0.475 e. The molecule has 5 N–H and O–H groups in total. The number of aromatic amines is 1. The summed E-state index contributed by atoms with van der Waals surface area (Å²) in [4.78, 5) is 41.9. The molecule has 0 saturated carbocycles. The standard InChI is InChI=1S/C13H20N2O2.C10H8N2O3S/c1-13(2,3)17-12(16)15-9-11-6-4-5-10(7-11)8-14;13-8-6-4-2-1-3-5(4)16-9(6)12-7(11-8)10(14)15/h4-7H,8-9,14H2,1-3H3,(H,15,16);1-3H2,(H,14,15)(H,11,12,13). The van der Waals surface area contributed by atoms with Crippen LogP contribution in [0.4, 0.5) is 4.79 Å². The number of nitrogens with one attached hydrogen (secondary N) is 2. The van der Waals surface area contributed by atoms with E-state index in [-0.39, 0.29) is 11.4 Å². The summed E-state index contributed by atoms with van der Waals surface area (Å²) in [7, 11) is 0. The fourth-order valence-corrected chi connectivity index (χ4v) is 4.72. The summed E-state index contributed by atoms with van der Waals surface area (Å²) in [5.74, 6) is -1.48. The molecule has 0 aliphatic heterocycles. The van der Waals surface area contributed by atoms with Gasteiger partial charge >= 0.3 is 12.1 Å². The van der Waals surface area contributed by atoms with E-state index >= 15 is 0 Å². The molecule has 0 bridgehead atoms. The first-order valence-electron chi connectivity index (χ1n) is 10.6. The molecule has 1 aliphatic carbocycles. The van der Waals surface area contributed by atoms with Gasteiger partial charge in [0.25, 0.3) is 5.56 Å². The van der Waals surface area contributed by atoms with E-state index in [4.69, 9.17) is 15.6 Å². The number of nitrogens with zero attached hydrogens (tertiary/aromatic N) is 1. The molecule has 10 heteroatoms. The first-order chi connectivity index (χ1) is 15.6. The van der Waals surface area contributed by atoms with Gasteiger partial charge in [-0.1, -0.05) is 24.3 Å². The highest BCUT2D eigenvalue weighted by Gasteiger charge is 2.22. The number of alkyl carbamates (subject to hydrolysis) is 1. The third-order valence-electron chi connectivity index (χ3n) is 4.84. The summed E-state index contributed by atoms with van der Waals surface area (Å²) in [5.41, 5.74) is 7.87. The van der Waals surface area contributed by atoms with Gasteiger partial charge in [0, 0.05) is 18.0 Å². The number of benzene rings is 1. The van der Waals surface area contributed by atoms with E-state index in [1.165, 1.54) is 16.2 Å². The first kappa shape index (κ1) is 24.4. The molecule has 0 fully saturated rings. The Morgan fingerprint density at radius 3 is 2.67 bits per heavy atom. The molecule has 0 atom stereocenters. The van der Waals surface area contributed by atoms with Crippen molar-refractivity contribution in [1.82, 2.24) is 15.3 Å². The summed E-state index contributed by atoms with van der Waals surface area (Å²) in [6.45, 7) is 6.45. The number of carbonyl (C=O) groups is 2. The van der Waals surface area contributed by atoms with Crippen molar-refractivity contribution < 1.29 is 19.4 Å². The molecule has 0 unspecified atom stereocenters. The maximum Gasteiger partial charge on any atom is 0.407 e. The normalized spacial score (nSPS) is 12.6. The molecule has 2 heterocycles. The average Bonchev–Trinajstić information content (AvgIpc) is 3.32. The van der Waals surface area contributed by atoms with E-state index in [2.05, 4.69) is 15.3 Å². The van der Waals surface area contributed by atoms with E-state index in [1.807, 2.05) is 45.0 Å². The molecule has 2 aromatic heterocycles. The van der Waals surface area contributed by atoms with E-state index < -0.39 is 17.7 Å². The summed E-state index contributed by atoms with van der Waals surface area (Å²) in [5, 5.41) is 12.1. The number of hydrogen-bond acceptors (Lipinski definition) is 7. The minimum atomic E-state index is -1.20. The van der Waals surface area contributed by atoms with E-state index in [9.17, 15) is 14.4 Å². The number of ether oxygens (including phenoxy) is 1. The quantitative estimate of drug-likeness (QED) is 0.455. The van der Waals surface area contributed by atoms with Gasteiger partial charge in [0.1, 0.15) is 10.4 Å². The number of amides is 1. The van der Waals surface area contributed by atoms with Crippen LogP contribution in [0.5, 0.6) is 0 Å². The second kappa shape index (κ2) is 10.1. The van der Waals surface area contributed by atoms with Crippen LogP contribution >= 0.6 is 11.3 Å². The second-order valence-corrected chi connectivity index (χ2v) is 9.72. The molecule has 0 spiro atoms. The SMILES string of the molecule is CC(C)(C)OC(=O)NCc1cccc(CN)c1.O=C(O)c1nc2sc3c(c2c(=O)[nH]1)CCC3. The molecular weight excluding hydrogens is 444 g/mol. The number of carbonyl (C=O) groups excluding carboxylic acids is 1. The van der Waals surface area contributed by atoms with E-state index in [1.54, 1.807) is 0 Å². The van der Waals surface area contributed by atoms with Gasteiger partial charge in [-0.15, -0.1) is 11.3 Å². The van der Waals surface area contributed by atoms with Crippen LogP contribution in [0.3, 0.4) is 0 Å². The Morgan fingerprint density at radius 2 is 2.00 bits per heavy atom. The maximum absolute atomic E-state index is 11.8. The molecule has 4 rings (SSSR count). The Bertz CT molecular complexity index is 1230. The number of aromatic nitrogens is 2. The zero-order valence-electron chi connectivity index (χ0n) is 18.9. The van der Waals surface area contributed by atoms with Crippen LogP contribution in [0.1, 0.15) is 59.4 Å². The molecule has 33 heavy (non-hydrogen) atoms. The van der Waals surface area contributed by atoms with Gasteiger partial charge in [-0.25, -0.2) is 14.6 Å². The van der Waals surface area contributed by atoms with E-state index in [0.717, 1.165) is 36.0 Å². The summed E-state index contributed by atoms with van der Waals surface area (Å²) < 4.78 is 5.14. The molecular formula is C23H28N4O5S. The van der Waals surface area contributed by atoms with Crippen molar-refractivity contribution in [1.29, 1.82) is 0 Å². The predicted molar refractivity (Wildman–Crippen MR) is 127 cm³/mol. The largest absolute Gasteiger partial charge is 0.475 e. The van der Waals surface area contributed by atoms with Gasteiger partial charge in [0.2, 0.25) is 5.82 Å². The van der Waals surface area contributed by atoms with Crippen molar-refractivity contribution in [2.75, 3.05) is 0 Å². The molecule has 3 aromatic rings. The Labute approximate surface area is 195 Å². The summed E-state index contributed by atoms with van der Waals surface area (Å²) >= 11 is 1.44. The highest BCUT2D eigenvalue weighted by atomic mass is 32.1. The zero-order chi connectivity index (χ0) is 24.2. The van der Waals surface area contributed by atoms with Crippen LogP contribution in [-0.2, 0) is 30.7 Å². The van der Waals surface area contributed by atoms with Crippen LogP contribution < -0.4 is 16.6 Å². The third kappa shape index (κ3) is 6.39. The zero-order valence-corrected chi connectivity index (χ0v) is 19.7. The lowest BCUT2D eigenvalue weighted by Crippen LogP contribution is -2.32. The molecule has 1 aromatic carbocycles. The summed E-state index contributed by atoms with van der Waals surface area (Å²) in [6, 6.07) is 7.79. The van der Waals surface area contributed by atoms with Gasteiger partial charge in [0.05, 0.1) is 5.39 Å². The number of hydrogen-bond donors (Lipinski definition) is 4. The van der Waals surface area contributed by atoms with Crippen LogP contribution in [-0.4, -0.2) is 32.7 Å². The monoisotopic (exact) mass is 472 g/mol. The summed E-state index contributed by atoms with van der Waals surface area (Å²) in [6.07, 6.45) is 2.53. The van der Waals surface area contributed by atoms with Crippen molar-refractivity contribution >= 4 is 33.6 Å². The Kier molecular flexibility index (Phi) is 7.50. The number of fused-ring (bicyclic) bond motifs is 3. The number of H-pyrrole nitrogens is 1. The minimum absolute atomic E-state index is 0.280. The molecule has 176 valence electrons. The van der Waals surface area contributed by atoms with Crippen molar-refractivity contribution in [3.8, 4) is 0 Å². The fourth-order valence-electron chi connectivity index (χ4n) is 3.46. The van der Waals surface area contributed by atoms with Crippen LogP contribution in [0.15, 0.2) is 29.1 Å². The Balaban J connectivity index is 0.000000186. The number of aryl methyl sites for hydroxylation is 2. The van der Waals surface area contributed by atoms with Gasteiger partial charge in [-0.2, -0.15) is 0 Å². The predicted octanol–water partition coefficient (Wildman–Crippen LogP) is 3.34. The number of aromatic carboxylic acids is 1. The lowest BCUT2D eigenvalue weighted by molar-refractivity contribution is 0.0523. The van der Waals surface area contributed by atoms with Gasteiger partial charge in [0.15, 0.2) is 0 Å². The second-order valence-electron chi connectivity index (χ2n) is 8.64. The van der Waals surface area contributed by atoms with Crippen LogP contribution in [0.2, 0.25) is 0 Å². The smallest absolute Gasteiger partial charge is 0.407 e. The third-order valence-corrected chi connectivity index (χ3v) is 6.03. The van der Waals surface area contributed by atoms with Crippen molar-refractivity contribution in [2.24, 2.45) is 5.73 Å². The lowest BCUT2D eigenvalue weighted by Gasteiger charge is -2.19. The van der Waals surface area contributed by atoms with Gasteiger partial charge in [-0.3, -0.25) is 4.79 Å². The number of rotatable bonds is 4. The number of carboxylic acid groups (broad SMARTS) is 1. The molecule has 1 amide bonds. The number of thiophene rings is 1. The van der Waals surface area contributed by atoms with Crippen molar-refractivity contribution in [3.05, 3.63) is 62.0 Å². The molecule has 0 radical (unpaired) electrons. The Morgan fingerprint density at radius 1 is 1.27 bits per heavy atom. The molecule has 1 aliphatic rings. The van der Waals surface area contributed by atoms with Crippen molar-refractivity contribution in [3.63, 3.8) is 0 Å². The average molecular weight is 473 g/mol. The number of carboxylic acids is 1. The van der Waals surface area contributed by atoms with Crippen molar-refractivity contribution in [2.45, 2.75) is 58.7 Å².